The first-order valence-electron chi connectivity index (χ1n) is 6.14. The molecule has 0 aromatic heterocycles. The molecule has 6 heteroatoms. The molecule has 2 amide bonds. The minimum atomic E-state index is -0.992. The predicted octanol–water partition coefficient (Wildman–Crippen LogP) is 2.30. The van der Waals surface area contributed by atoms with Gasteiger partial charge >= 0.3 is 12.0 Å². The number of anilines is 1. The average molecular weight is 266 g/mol. The molecule has 0 radical (unpaired) electrons. The highest BCUT2D eigenvalue weighted by molar-refractivity contribution is 5.92. The summed E-state index contributed by atoms with van der Waals surface area (Å²) in [6.45, 7) is 0.421. The van der Waals surface area contributed by atoms with Crippen LogP contribution in [-0.4, -0.2) is 34.6 Å². The van der Waals surface area contributed by atoms with Crippen LogP contribution in [0.5, 0.6) is 0 Å². The molecule has 1 aromatic carbocycles. The fourth-order valence-electron chi connectivity index (χ4n) is 2.16. The zero-order valence-corrected chi connectivity index (χ0v) is 10.3. The van der Waals surface area contributed by atoms with E-state index >= 15 is 0 Å². The van der Waals surface area contributed by atoms with Crippen LogP contribution in [-0.2, 0) is 4.79 Å². The van der Waals surface area contributed by atoms with E-state index in [2.05, 4.69) is 5.32 Å². The molecule has 1 atom stereocenters. The Morgan fingerprint density at radius 3 is 2.58 bits per heavy atom. The van der Waals surface area contributed by atoms with E-state index in [1.165, 1.54) is 29.2 Å². The summed E-state index contributed by atoms with van der Waals surface area (Å²) in [5, 5.41) is 11.7. The summed E-state index contributed by atoms with van der Waals surface area (Å²) < 4.78 is 12.7. The average Bonchev–Trinajstić information content (AvgIpc) is 2.41. The van der Waals surface area contributed by atoms with E-state index in [0.717, 1.165) is 12.8 Å². The number of halogens is 1. The number of carboxylic acid groups (broad SMARTS) is 1. The molecule has 0 aliphatic carbocycles. The molecular formula is C13H15FN2O3. The highest BCUT2D eigenvalue weighted by Crippen LogP contribution is 2.19. The van der Waals surface area contributed by atoms with Crippen LogP contribution in [0.15, 0.2) is 24.3 Å². The molecular weight excluding hydrogens is 251 g/mol. The third-order valence-electron chi connectivity index (χ3n) is 3.14. The van der Waals surface area contributed by atoms with Gasteiger partial charge in [-0.3, -0.25) is 0 Å². The van der Waals surface area contributed by atoms with E-state index in [1.54, 1.807) is 0 Å². The molecule has 5 nitrogen and oxygen atoms in total. The first-order valence-corrected chi connectivity index (χ1v) is 6.14. The molecule has 0 saturated carbocycles. The van der Waals surface area contributed by atoms with Crippen LogP contribution >= 0.6 is 0 Å². The molecule has 2 rings (SSSR count). The molecule has 102 valence electrons. The number of rotatable bonds is 2. The second-order valence-electron chi connectivity index (χ2n) is 4.48. The largest absolute Gasteiger partial charge is 0.480 e. The molecule has 1 aromatic rings. The number of likely N-dealkylation sites (tertiary alicyclic amines) is 1. The molecule has 0 bridgehead atoms. The summed E-state index contributed by atoms with van der Waals surface area (Å²) in [7, 11) is 0. The standard InChI is InChI=1S/C13H15FN2O3/c14-9-4-6-10(7-5-9)15-13(19)16-8-2-1-3-11(16)12(17)18/h4-7,11H,1-3,8H2,(H,15,19)(H,17,18)/t11-/m0/s1. The van der Waals surface area contributed by atoms with Gasteiger partial charge in [-0.05, 0) is 43.5 Å². The lowest BCUT2D eigenvalue weighted by Gasteiger charge is -2.32. The van der Waals surface area contributed by atoms with Crippen molar-refractivity contribution in [3.63, 3.8) is 0 Å². The van der Waals surface area contributed by atoms with Gasteiger partial charge in [0.2, 0.25) is 0 Å². The Balaban J connectivity index is 2.05. The fourth-order valence-corrected chi connectivity index (χ4v) is 2.16. The Hall–Kier alpha value is -2.11. The Kier molecular flexibility index (Phi) is 3.99. The molecule has 1 saturated heterocycles. The van der Waals surface area contributed by atoms with Crippen molar-refractivity contribution in [2.24, 2.45) is 0 Å². The summed E-state index contributed by atoms with van der Waals surface area (Å²) in [5.74, 6) is -1.38. The summed E-state index contributed by atoms with van der Waals surface area (Å²) in [6.07, 6.45) is 2.06. The Morgan fingerprint density at radius 2 is 1.95 bits per heavy atom. The van der Waals surface area contributed by atoms with Gasteiger partial charge in [0.05, 0.1) is 0 Å². The second kappa shape index (κ2) is 5.69. The minimum absolute atomic E-state index is 0.389. The first kappa shape index (κ1) is 13.3. The molecule has 2 N–H and O–H groups in total. The van der Waals surface area contributed by atoms with Crippen molar-refractivity contribution in [1.82, 2.24) is 4.90 Å². The summed E-state index contributed by atoms with van der Waals surface area (Å²) in [6, 6.07) is 4.11. The minimum Gasteiger partial charge on any atom is -0.480 e. The van der Waals surface area contributed by atoms with Crippen LogP contribution < -0.4 is 5.32 Å². The lowest BCUT2D eigenvalue weighted by molar-refractivity contribution is -0.143. The normalized spacial score (nSPS) is 19.0. The van der Waals surface area contributed by atoms with Crippen LogP contribution in [0.25, 0.3) is 0 Å². The maximum absolute atomic E-state index is 12.7. The molecule has 1 heterocycles. The quantitative estimate of drug-likeness (QED) is 0.862. The number of hydrogen-bond acceptors (Lipinski definition) is 2. The molecule has 1 fully saturated rings. The lowest BCUT2D eigenvalue weighted by Crippen LogP contribution is -2.49. The summed E-state index contributed by atoms with van der Waals surface area (Å²) in [4.78, 5) is 24.4. The maximum Gasteiger partial charge on any atom is 0.326 e. The number of hydrogen-bond donors (Lipinski definition) is 2. The SMILES string of the molecule is O=C(O)[C@@H]1CCCCN1C(=O)Nc1ccc(F)cc1. The predicted molar refractivity (Wildman–Crippen MR) is 67.4 cm³/mol. The van der Waals surface area contributed by atoms with Crippen LogP contribution in [0.2, 0.25) is 0 Å². The van der Waals surface area contributed by atoms with Crippen molar-refractivity contribution in [2.75, 3.05) is 11.9 Å². The highest BCUT2D eigenvalue weighted by Gasteiger charge is 2.31. The van der Waals surface area contributed by atoms with E-state index in [1.807, 2.05) is 0 Å². The van der Waals surface area contributed by atoms with Gasteiger partial charge in [-0.2, -0.15) is 0 Å². The molecule has 19 heavy (non-hydrogen) atoms. The van der Waals surface area contributed by atoms with Gasteiger partial charge in [0, 0.05) is 12.2 Å². The van der Waals surface area contributed by atoms with Crippen LogP contribution in [0, 0.1) is 5.82 Å². The highest BCUT2D eigenvalue weighted by atomic mass is 19.1. The second-order valence-corrected chi connectivity index (χ2v) is 4.48. The third kappa shape index (κ3) is 3.21. The zero-order chi connectivity index (χ0) is 13.8. The van der Waals surface area contributed by atoms with Gasteiger partial charge in [-0.15, -0.1) is 0 Å². The lowest BCUT2D eigenvalue weighted by atomic mass is 10.0. The van der Waals surface area contributed by atoms with Crippen molar-refractivity contribution < 1.29 is 19.1 Å². The number of urea groups is 1. The van der Waals surface area contributed by atoms with Crippen molar-refractivity contribution >= 4 is 17.7 Å². The topological polar surface area (TPSA) is 69.6 Å². The van der Waals surface area contributed by atoms with Crippen molar-refractivity contribution in [3.05, 3.63) is 30.1 Å². The van der Waals surface area contributed by atoms with Gasteiger partial charge in [-0.25, -0.2) is 14.0 Å². The van der Waals surface area contributed by atoms with Gasteiger partial charge in [-0.1, -0.05) is 0 Å². The molecule has 1 aliphatic rings. The van der Waals surface area contributed by atoms with Crippen molar-refractivity contribution in [1.29, 1.82) is 0 Å². The first-order chi connectivity index (χ1) is 9.08. The van der Waals surface area contributed by atoms with Crippen molar-refractivity contribution in [3.8, 4) is 0 Å². The number of amides is 2. The Labute approximate surface area is 110 Å². The number of nitrogens with one attached hydrogen (secondary N) is 1. The van der Waals surface area contributed by atoms with E-state index in [4.69, 9.17) is 5.11 Å². The van der Waals surface area contributed by atoms with Gasteiger partial charge in [0.25, 0.3) is 0 Å². The van der Waals surface area contributed by atoms with Crippen molar-refractivity contribution in [2.45, 2.75) is 25.3 Å². The van der Waals surface area contributed by atoms with Gasteiger partial charge in [0.1, 0.15) is 11.9 Å². The summed E-state index contributed by atoms with van der Waals surface area (Å²) in [5.41, 5.74) is 0.445. The number of carboxylic acids is 1. The van der Waals surface area contributed by atoms with Gasteiger partial charge < -0.3 is 15.3 Å². The Bertz CT molecular complexity index is 475. The Morgan fingerprint density at radius 1 is 1.26 bits per heavy atom. The number of carbonyl (C=O) groups excluding carboxylic acids is 1. The monoisotopic (exact) mass is 266 g/mol. The van der Waals surface area contributed by atoms with E-state index in [9.17, 15) is 14.0 Å². The van der Waals surface area contributed by atoms with E-state index in [0.29, 0.717) is 18.7 Å². The number of carbonyl (C=O) groups is 2. The molecule has 0 spiro atoms. The third-order valence-corrected chi connectivity index (χ3v) is 3.14. The number of aliphatic carboxylic acids is 1. The number of piperidine rings is 1. The van der Waals surface area contributed by atoms with Crippen LogP contribution in [0.4, 0.5) is 14.9 Å². The van der Waals surface area contributed by atoms with E-state index in [-0.39, 0.29) is 5.82 Å². The molecule has 1 aliphatic heterocycles. The fraction of sp³-hybridized carbons (Fsp3) is 0.385. The number of benzene rings is 1. The van der Waals surface area contributed by atoms with Crippen LogP contribution in [0.1, 0.15) is 19.3 Å². The maximum atomic E-state index is 12.7. The summed E-state index contributed by atoms with van der Waals surface area (Å²) >= 11 is 0. The van der Waals surface area contributed by atoms with E-state index < -0.39 is 18.0 Å². The number of nitrogens with zero attached hydrogens (tertiary/aromatic N) is 1. The van der Waals surface area contributed by atoms with Crippen LogP contribution in [0.3, 0.4) is 0 Å². The smallest absolute Gasteiger partial charge is 0.326 e. The zero-order valence-electron chi connectivity index (χ0n) is 10.3. The molecule has 0 unspecified atom stereocenters. The van der Waals surface area contributed by atoms with Gasteiger partial charge in [0.15, 0.2) is 0 Å².